The molecular weight excluding hydrogens is 342 g/mol. The van der Waals surface area contributed by atoms with Gasteiger partial charge >= 0.3 is 0 Å². The third kappa shape index (κ3) is 3.78. The van der Waals surface area contributed by atoms with E-state index >= 15 is 0 Å². The molecule has 0 bridgehead atoms. The zero-order valence-corrected chi connectivity index (χ0v) is 15.6. The van der Waals surface area contributed by atoms with Gasteiger partial charge in [0.2, 0.25) is 0 Å². The van der Waals surface area contributed by atoms with Crippen molar-refractivity contribution in [1.82, 2.24) is 0 Å². The normalized spacial score (nSPS) is 20.7. The first-order valence-corrected chi connectivity index (χ1v) is 9.56. The lowest BCUT2D eigenvalue weighted by Crippen LogP contribution is -2.36. The van der Waals surface area contributed by atoms with Crippen LogP contribution in [-0.2, 0) is 4.74 Å². The number of carbonyl (C=O) groups is 1. The topological polar surface area (TPSA) is 59.0 Å². The van der Waals surface area contributed by atoms with Crippen LogP contribution in [0.2, 0.25) is 0 Å². The van der Waals surface area contributed by atoms with Crippen LogP contribution in [-0.4, -0.2) is 43.3 Å². The van der Waals surface area contributed by atoms with Crippen LogP contribution < -0.4 is 9.64 Å². The van der Waals surface area contributed by atoms with Gasteiger partial charge in [-0.2, -0.15) is 0 Å². The van der Waals surface area contributed by atoms with E-state index in [1.807, 2.05) is 24.3 Å². The van der Waals surface area contributed by atoms with Crippen LogP contribution in [0.4, 0.5) is 5.69 Å². The van der Waals surface area contributed by atoms with Gasteiger partial charge in [0.15, 0.2) is 5.78 Å². The first kappa shape index (κ1) is 17.9. The van der Waals surface area contributed by atoms with Crippen LogP contribution in [0.5, 0.6) is 11.5 Å². The van der Waals surface area contributed by atoms with Crippen molar-refractivity contribution in [3.8, 4) is 11.5 Å². The van der Waals surface area contributed by atoms with Crippen molar-refractivity contribution < 1.29 is 19.4 Å². The number of hydrogen-bond acceptors (Lipinski definition) is 5. The Bertz CT molecular complexity index is 815. The van der Waals surface area contributed by atoms with Crippen LogP contribution in [0, 0.1) is 0 Å². The number of Topliss-reactive ketones (excluding diaryl/α,β-unsaturated/α-hetero) is 1. The molecule has 1 N–H and O–H groups in total. The minimum Gasteiger partial charge on any atom is -0.507 e. The molecule has 0 radical (unpaired) electrons. The van der Waals surface area contributed by atoms with E-state index in [2.05, 4.69) is 24.0 Å². The van der Waals surface area contributed by atoms with Gasteiger partial charge in [-0.15, -0.1) is 0 Å². The molecule has 142 valence electrons. The Morgan fingerprint density at radius 3 is 2.67 bits per heavy atom. The molecule has 2 aromatic rings. The highest BCUT2D eigenvalue weighted by Gasteiger charge is 2.31. The highest BCUT2D eigenvalue weighted by Crippen LogP contribution is 2.40. The van der Waals surface area contributed by atoms with E-state index < -0.39 is 0 Å². The number of carbonyl (C=O) groups excluding carboxylic acids is 1. The Balaban J connectivity index is 1.55. The molecule has 2 aliphatic rings. The van der Waals surface area contributed by atoms with E-state index in [-0.39, 0.29) is 17.6 Å². The van der Waals surface area contributed by atoms with Gasteiger partial charge in [-0.1, -0.05) is 37.3 Å². The second kappa shape index (κ2) is 7.61. The monoisotopic (exact) mass is 367 g/mol. The molecule has 0 saturated carbocycles. The standard InChI is InChI=1S/C22H25NO4/c1-15(16-5-3-2-4-6-16)11-18-14-20(25)22-19(24)12-17(13-21(22)27-18)23-7-9-26-10-8-23/h2-6,12-13,15,18,24H,7-11,14H2,1H3. The SMILES string of the molecule is CC(CC1CC(=O)c2c(O)cc(N3CCOCC3)cc2O1)c1ccccc1. The Labute approximate surface area is 159 Å². The predicted molar refractivity (Wildman–Crippen MR) is 104 cm³/mol. The minimum absolute atomic E-state index is 0.00792. The van der Waals surface area contributed by atoms with E-state index in [1.165, 1.54) is 5.56 Å². The van der Waals surface area contributed by atoms with E-state index in [4.69, 9.17) is 9.47 Å². The quantitative estimate of drug-likeness (QED) is 0.892. The van der Waals surface area contributed by atoms with Crippen molar-refractivity contribution in [3.63, 3.8) is 0 Å². The maximum absolute atomic E-state index is 12.6. The fourth-order valence-electron chi connectivity index (χ4n) is 3.94. The molecule has 2 aliphatic heterocycles. The van der Waals surface area contributed by atoms with Crippen molar-refractivity contribution in [3.05, 3.63) is 53.6 Å². The zero-order valence-electron chi connectivity index (χ0n) is 15.6. The molecule has 0 aromatic heterocycles. The number of phenols is 1. The number of fused-ring (bicyclic) bond motifs is 1. The van der Waals surface area contributed by atoms with Crippen molar-refractivity contribution >= 4 is 11.5 Å². The maximum atomic E-state index is 12.6. The number of rotatable bonds is 4. The molecule has 1 fully saturated rings. The summed E-state index contributed by atoms with van der Waals surface area (Å²) in [5.41, 5.74) is 2.43. The van der Waals surface area contributed by atoms with Crippen LogP contribution in [0.25, 0.3) is 0 Å². The highest BCUT2D eigenvalue weighted by molar-refractivity contribution is 6.03. The molecule has 2 unspecified atom stereocenters. The number of nitrogens with zero attached hydrogens (tertiary/aromatic N) is 1. The highest BCUT2D eigenvalue weighted by atomic mass is 16.5. The number of hydrogen-bond donors (Lipinski definition) is 1. The molecule has 0 aliphatic carbocycles. The number of benzene rings is 2. The Hall–Kier alpha value is -2.53. The molecule has 2 heterocycles. The summed E-state index contributed by atoms with van der Waals surface area (Å²) in [5.74, 6) is 0.751. The lowest BCUT2D eigenvalue weighted by molar-refractivity contribution is 0.0825. The average molecular weight is 367 g/mol. The summed E-state index contributed by atoms with van der Waals surface area (Å²) < 4.78 is 11.6. The molecule has 1 saturated heterocycles. The van der Waals surface area contributed by atoms with E-state index in [9.17, 15) is 9.90 Å². The smallest absolute Gasteiger partial charge is 0.174 e. The second-order valence-corrected chi connectivity index (χ2v) is 7.35. The first-order chi connectivity index (χ1) is 13.1. The lowest BCUT2D eigenvalue weighted by atomic mass is 9.90. The molecule has 2 atom stereocenters. The fraction of sp³-hybridized carbons (Fsp3) is 0.409. The number of ketones is 1. The van der Waals surface area contributed by atoms with Gasteiger partial charge < -0.3 is 19.5 Å². The molecule has 27 heavy (non-hydrogen) atoms. The summed E-state index contributed by atoms with van der Waals surface area (Å²) in [6.45, 7) is 5.01. The molecule has 0 spiro atoms. The van der Waals surface area contributed by atoms with E-state index in [1.54, 1.807) is 6.07 Å². The van der Waals surface area contributed by atoms with Gasteiger partial charge in [0.25, 0.3) is 0 Å². The molecule has 5 nitrogen and oxygen atoms in total. The van der Waals surface area contributed by atoms with Gasteiger partial charge in [0.05, 0.1) is 13.2 Å². The maximum Gasteiger partial charge on any atom is 0.174 e. The number of morpholine rings is 1. The summed E-state index contributed by atoms with van der Waals surface area (Å²) in [4.78, 5) is 14.8. The molecule has 5 heteroatoms. The fourth-order valence-corrected chi connectivity index (χ4v) is 3.94. The summed E-state index contributed by atoms with van der Waals surface area (Å²) in [6, 6.07) is 13.8. The molecule has 2 aromatic carbocycles. The van der Waals surface area contributed by atoms with Crippen LogP contribution in [0.3, 0.4) is 0 Å². The van der Waals surface area contributed by atoms with Crippen molar-refractivity contribution in [2.24, 2.45) is 0 Å². The number of aromatic hydroxyl groups is 1. The van der Waals surface area contributed by atoms with Crippen molar-refractivity contribution in [1.29, 1.82) is 0 Å². The Kier molecular flexibility index (Phi) is 5.03. The Morgan fingerprint density at radius 2 is 1.93 bits per heavy atom. The van der Waals surface area contributed by atoms with Crippen LogP contribution in [0.1, 0.15) is 41.6 Å². The van der Waals surface area contributed by atoms with Crippen molar-refractivity contribution in [2.45, 2.75) is 31.8 Å². The predicted octanol–water partition coefficient (Wildman–Crippen LogP) is 3.76. The molecular formula is C22H25NO4. The van der Waals surface area contributed by atoms with Crippen molar-refractivity contribution in [2.75, 3.05) is 31.2 Å². The third-order valence-electron chi connectivity index (χ3n) is 5.41. The van der Waals surface area contributed by atoms with Crippen LogP contribution >= 0.6 is 0 Å². The summed E-state index contributed by atoms with van der Waals surface area (Å²) in [5, 5.41) is 10.4. The van der Waals surface area contributed by atoms with Crippen LogP contribution in [0.15, 0.2) is 42.5 Å². The van der Waals surface area contributed by atoms with Gasteiger partial charge in [-0.25, -0.2) is 0 Å². The summed E-state index contributed by atoms with van der Waals surface area (Å²) in [7, 11) is 0. The summed E-state index contributed by atoms with van der Waals surface area (Å²) >= 11 is 0. The minimum atomic E-state index is -0.181. The Morgan fingerprint density at radius 1 is 1.19 bits per heavy atom. The largest absolute Gasteiger partial charge is 0.507 e. The average Bonchev–Trinajstić information content (AvgIpc) is 2.68. The van der Waals surface area contributed by atoms with Gasteiger partial charge in [-0.05, 0) is 17.9 Å². The van der Waals surface area contributed by atoms with E-state index in [0.717, 1.165) is 25.2 Å². The number of anilines is 1. The number of phenolic OH excluding ortho intramolecular Hbond substituents is 1. The van der Waals surface area contributed by atoms with Gasteiger partial charge in [0.1, 0.15) is 23.2 Å². The van der Waals surface area contributed by atoms with Gasteiger partial charge in [0, 0.05) is 37.3 Å². The zero-order chi connectivity index (χ0) is 18.8. The van der Waals surface area contributed by atoms with E-state index in [0.29, 0.717) is 36.9 Å². The second-order valence-electron chi connectivity index (χ2n) is 7.35. The summed E-state index contributed by atoms with van der Waals surface area (Å²) in [6.07, 6.45) is 0.881. The first-order valence-electron chi connectivity index (χ1n) is 9.56. The lowest BCUT2D eigenvalue weighted by Gasteiger charge is -2.32. The third-order valence-corrected chi connectivity index (χ3v) is 5.41. The van der Waals surface area contributed by atoms with Gasteiger partial charge in [-0.3, -0.25) is 4.79 Å². The number of ether oxygens (including phenoxy) is 2. The molecule has 4 rings (SSSR count). The molecule has 0 amide bonds.